The minimum absolute atomic E-state index is 0.782. The highest BCUT2D eigenvalue weighted by Gasteiger charge is 2.00. The van der Waals surface area contributed by atoms with Crippen molar-refractivity contribution in [1.29, 1.82) is 0 Å². The SMILES string of the molecule is Nc1ccc(-c2ccc(N)cc2)cc1.c1ccc(-c2ccc(-c3ccccc3)cc2)cc1.c1ccc(-c2ccccc2)cc1.c1ccc(-c2ccccc2)cc1.c1ccccc1. The Morgan fingerprint density at radius 2 is 0.242 bits per heavy atom. The van der Waals surface area contributed by atoms with Crippen LogP contribution in [0, 0.1) is 0 Å². The minimum Gasteiger partial charge on any atom is -0.399 e. The first-order valence-electron chi connectivity index (χ1n) is 20.8. The number of nitrogen functional groups attached to an aromatic ring is 2. The van der Waals surface area contributed by atoms with Crippen LogP contribution in [0.2, 0.25) is 0 Å². The predicted octanol–water partition coefficient (Wildman–Crippen LogP) is 15.9. The van der Waals surface area contributed by atoms with Gasteiger partial charge in [0, 0.05) is 11.4 Å². The van der Waals surface area contributed by atoms with Gasteiger partial charge in [0.25, 0.3) is 0 Å². The predicted molar refractivity (Wildman–Crippen MR) is 268 cm³/mol. The first-order valence-corrected chi connectivity index (χ1v) is 20.8. The first-order chi connectivity index (χ1) is 30.6. The van der Waals surface area contributed by atoms with Crippen LogP contribution in [0.5, 0.6) is 0 Å². The van der Waals surface area contributed by atoms with Crippen LogP contribution in [0.1, 0.15) is 0 Å². The number of rotatable bonds is 5. The summed E-state index contributed by atoms with van der Waals surface area (Å²) in [5, 5.41) is 0. The van der Waals surface area contributed by atoms with E-state index >= 15 is 0 Å². The van der Waals surface area contributed by atoms with Crippen molar-refractivity contribution in [2.45, 2.75) is 0 Å². The molecule has 0 bridgehead atoms. The Balaban J connectivity index is 0.000000133. The van der Waals surface area contributed by atoms with Crippen molar-refractivity contribution >= 4 is 11.4 Å². The lowest BCUT2D eigenvalue weighted by atomic mass is 10.0. The Morgan fingerprint density at radius 3 is 0.403 bits per heavy atom. The topological polar surface area (TPSA) is 52.0 Å². The zero-order valence-electron chi connectivity index (χ0n) is 34.9. The van der Waals surface area contributed by atoms with Gasteiger partial charge in [-0.25, -0.2) is 0 Å². The van der Waals surface area contributed by atoms with E-state index in [1.54, 1.807) is 0 Å². The lowest BCUT2D eigenvalue weighted by molar-refractivity contribution is 1.59. The highest BCUT2D eigenvalue weighted by Crippen LogP contribution is 2.25. The molecule has 0 amide bonds. The van der Waals surface area contributed by atoms with E-state index in [2.05, 4.69) is 170 Å². The van der Waals surface area contributed by atoms with Crippen LogP contribution in [0.4, 0.5) is 11.4 Å². The van der Waals surface area contributed by atoms with Crippen molar-refractivity contribution in [2.75, 3.05) is 11.5 Å². The lowest BCUT2D eigenvalue weighted by Crippen LogP contribution is -1.85. The van der Waals surface area contributed by atoms with E-state index in [9.17, 15) is 0 Å². The number of hydrogen-bond donors (Lipinski definition) is 2. The van der Waals surface area contributed by atoms with Gasteiger partial charge in [0.1, 0.15) is 0 Å². The highest BCUT2D eigenvalue weighted by atomic mass is 14.5. The fourth-order valence-corrected chi connectivity index (χ4v) is 6.37. The molecular formula is C60H52N2. The van der Waals surface area contributed by atoms with Crippen LogP contribution >= 0.6 is 0 Å². The molecule has 0 saturated heterocycles. The molecule has 4 N–H and O–H groups in total. The maximum atomic E-state index is 5.61. The molecule has 62 heavy (non-hydrogen) atoms. The lowest BCUT2D eigenvalue weighted by Gasteiger charge is -2.04. The molecule has 0 radical (unpaired) electrons. The van der Waals surface area contributed by atoms with Crippen LogP contribution in [-0.4, -0.2) is 0 Å². The van der Waals surface area contributed by atoms with Crippen LogP contribution in [0.25, 0.3) is 55.6 Å². The summed E-state index contributed by atoms with van der Waals surface area (Å²) in [5.41, 5.74) is 25.2. The van der Waals surface area contributed by atoms with Crippen LogP contribution in [-0.2, 0) is 0 Å². The molecule has 0 aliphatic rings. The highest BCUT2D eigenvalue weighted by molar-refractivity contribution is 5.71. The normalized spacial score (nSPS) is 9.74. The molecule has 0 unspecified atom stereocenters. The van der Waals surface area contributed by atoms with Crippen molar-refractivity contribution in [2.24, 2.45) is 0 Å². The molecule has 0 spiro atoms. The summed E-state index contributed by atoms with van der Waals surface area (Å²) in [6.07, 6.45) is 0. The van der Waals surface area contributed by atoms with Gasteiger partial charge >= 0.3 is 0 Å². The van der Waals surface area contributed by atoms with Crippen molar-refractivity contribution in [1.82, 2.24) is 0 Å². The summed E-state index contributed by atoms with van der Waals surface area (Å²) >= 11 is 0. The first kappa shape index (κ1) is 43.4. The quantitative estimate of drug-likeness (QED) is 0.170. The van der Waals surface area contributed by atoms with Gasteiger partial charge < -0.3 is 11.5 Å². The fourth-order valence-electron chi connectivity index (χ4n) is 6.37. The van der Waals surface area contributed by atoms with E-state index < -0.39 is 0 Å². The second-order valence-corrected chi connectivity index (χ2v) is 14.2. The maximum Gasteiger partial charge on any atom is 0.0314 e. The summed E-state index contributed by atoms with van der Waals surface area (Å²) in [5.74, 6) is 0. The largest absolute Gasteiger partial charge is 0.399 e. The smallest absolute Gasteiger partial charge is 0.0314 e. The van der Waals surface area contributed by atoms with E-state index in [1.165, 1.54) is 44.5 Å². The molecule has 0 aliphatic carbocycles. The molecule has 10 aromatic carbocycles. The van der Waals surface area contributed by atoms with Crippen LogP contribution in [0.3, 0.4) is 0 Å². The number of benzene rings is 10. The Morgan fingerprint density at radius 1 is 0.129 bits per heavy atom. The Labute approximate surface area is 368 Å². The van der Waals surface area contributed by atoms with Crippen molar-refractivity contribution in [3.63, 3.8) is 0 Å². The van der Waals surface area contributed by atoms with Gasteiger partial charge in [0.2, 0.25) is 0 Å². The van der Waals surface area contributed by atoms with Gasteiger partial charge in [-0.15, -0.1) is 0 Å². The Bertz CT molecular complexity index is 2380. The molecule has 10 aromatic rings. The van der Waals surface area contributed by atoms with E-state index in [4.69, 9.17) is 11.5 Å². The molecule has 2 nitrogen and oxygen atoms in total. The monoisotopic (exact) mass is 800 g/mol. The van der Waals surface area contributed by atoms with E-state index in [-0.39, 0.29) is 0 Å². The molecular weight excluding hydrogens is 749 g/mol. The zero-order chi connectivity index (χ0) is 42.9. The molecule has 0 aliphatic heterocycles. The average Bonchev–Trinajstić information content (AvgIpc) is 3.37. The Hall–Kier alpha value is -8.20. The Kier molecular flexibility index (Phi) is 17.3. The fraction of sp³-hybridized carbons (Fsp3) is 0. The molecule has 10 rings (SSSR count). The van der Waals surface area contributed by atoms with E-state index in [0.717, 1.165) is 22.5 Å². The number of hydrogen-bond acceptors (Lipinski definition) is 2. The third kappa shape index (κ3) is 14.6. The van der Waals surface area contributed by atoms with Crippen molar-refractivity contribution in [3.8, 4) is 55.6 Å². The van der Waals surface area contributed by atoms with E-state index in [0.29, 0.717) is 0 Å². The average molecular weight is 801 g/mol. The van der Waals surface area contributed by atoms with Crippen LogP contribution < -0.4 is 11.5 Å². The van der Waals surface area contributed by atoms with Gasteiger partial charge in [-0.05, 0) is 79.9 Å². The maximum absolute atomic E-state index is 5.61. The number of anilines is 2. The van der Waals surface area contributed by atoms with Gasteiger partial charge in [-0.1, -0.05) is 267 Å². The minimum atomic E-state index is 0.782. The summed E-state index contributed by atoms with van der Waals surface area (Å²) in [4.78, 5) is 0. The van der Waals surface area contributed by atoms with Gasteiger partial charge in [-0.2, -0.15) is 0 Å². The molecule has 0 saturated carbocycles. The molecule has 302 valence electrons. The molecule has 0 heterocycles. The standard InChI is InChI=1S/C18H14.C12H12N2.2C12H10.C6H6/c1-3-7-15(8-4-1)17-11-13-18(14-12-17)16-9-5-2-6-10-16;13-11-5-1-9(2-6-11)10-3-7-12(14)8-4-10;2*1-3-7-11(8-4-1)12-9-5-2-6-10-12;1-2-4-6-5-3-1/h1-14H;1-8H,13-14H2;2*1-10H;1-6H. The second-order valence-electron chi connectivity index (χ2n) is 14.2. The van der Waals surface area contributed by atoms with Gasteiger partial charge in [-0.3, -0.25) is 0 Å². The van der Waals surface area contributed by atoms with Crippen molar-refractivity contribution < 1.29 is 0 Å². The third-order valence-corrected chi connectivity index (χ3v) is 9.68. The summed E-state index contributed by atoms with van der Waals surface area (Å²) < 4.78 is 0. The summed E-state index contributed by atoms with van der Waals surface area (Å²) in [6, 6.07) is 98.8. The van der Waals surface area contributed by atoms with E-state index in [1.807, 2.05) is 121 Å². The molecule has 0 fully saturated rings. The molecule has 0 aromatic heterocycles. The number of nitrogens with two attached hydrogens (primary N) is 2. The second kappa shape index (κ2) is 24.7. The molecule has 2 heteroatoms. The van der Waals surface area contributed by atoms with Crippen LogP contribution in [0.15, 0.2) is 291 Å². The van der Waals surface area contributed by atoms with Crippen molar-refractivity contribution in [3.05, 3.63) is 291 Å². The molecule has 0 atom stereocenters. The van der Waals surface area contributed by atoms with Gasteiger partial charge in [0.05, 0.1) is 0 Å². The summed E-state index contributed by atoms with van der Waals surface area (Å²) in [7, 11) is 0. The summed E-state index contributed by atoms with van der Waals surface area (Å²) in [6.45, 7) is 0. The van der Waals surface area contributed by atoms with Gasteiger partial charge in [0.15, 0.2) is 0 Å². The zero-order valence-corrected chi connectivity index (χ0v) is 34.9. The third-order valence-electron chi connectivity index (χ3n) is 9.68.